The van der Waals surface area contributed by atoms with E-state index in [-0.39, 0.29) is 6.07 Å². The van der Waals surface area contributed by atoms with Gasteiger partial charge in [0.05, 0.1) is 6.04 Å². The second-order valence-corrected chi connectivity index (χ2v) is 5.57. The monoisotopic (exact) mass is 338 g/mol. The fourth-order valence-corrected chi connectivity index (χ4v) is 2.72. The van der Waals surface area contributed by atoms with E-state index in [0.717, 1.165) is 11.1 Å². The Bertz CT molecular complexity index is 768. The summed E-state index contributed by atoms with van der Waals surface area (Å²) >= 11 is 0. The molecule has 0 saturated carbocycles. The van der Waals surface area contributed by atoms with Crippen LogP contribution in [0.3, 0.4) is 0 Å². The van der Waals surface area contributed by atoms with Crippen LogP contribution >= 0.6 is 0 Å². The molecule has 7 heteroatoms. The number of benzene rings is 2. The zero-order chi connectivity index (χ0) is 17.3. The number of carbonyl (C=O) groups is 1. The molecule has 0 radical (unpaired) electrons. The highest BCUT2D eigenvalue weighted by Crippen LogP contribution is 2.20. The maximum absolute atomic E-state index is 13.6. The van der Waals surface area contributed by atoms with E-state index in [2.05, 4.69) is 10.6 Å². The van der Waals surface area contributed by atoms with Crippen molar-refractivity contribution in [3.8, 4) is 0 Å². The van der Waals surface area contributed by atoms with Gasteiger partial charge in [0.2, 0.25) is 5.91 Å². The number of amides is 1. The van der Waals surface area contributed by atoms with Crippen molar-refractivity contribution >= 4 is 5.91 Å². The summed E-state index contributed by atoms with van der Waals surface area (Å²) in [6.07, 6.45) is 0.421. The fourth-order valence-electron chi connectivity index (χ4n) is 2.72. The highest BCUT2D eigenvalue weighted by molar-refractivity contribution is 5.82. The van der Waals surface area contributed by atoms with Crippen molar-refractivity contribution in [1.29, 1.82) is 0 Å². The van der Waals surface area contributed by atoms with Crippen molar-refractivity contribution in [3.05, 3.63) is 70.3 Å². The molecule has 0 aliphatic carbocycles. The first-order valence-electron chi connectivity index (χ1n) is 7.37. The molecule has 126 valence electrons. The lowest BCUT2D eigenvalue weighted by atomic mass is 9.95. The molecule has 24 heavy (non-hydrogen) atoms. The first kappa shape index (κ1) is 16.4. The van der Waals surface area contributed by atoms with Crippen LogP contribution < -0.4 is 10.6 Å². The molecule has 1 heterocycles. The molecular formula is C17H14F4N2O. The van der Waals surface area contributed by atoms with E-state index in [1.54, 1.807) is 0 Å². The van der Waals surface area contributed by atoms with Crippen LogP contribution in [0.2, 0.25) is 0 Å². The summed E-state index contributed by atoms with van der Waals surface area (Å²) in [5.41, 5.74) is 1.24. The largest absolute Gasteiger partial charge is 0.350 e. The molecule has 0 fully saturated rings. The lowest BCUT2D eigenvalue weighted by Crippen LogP contribution is -2.47. The van der Waals surface area contributed by atoms with Gasteiger partial charge in [-0.1, -0.05) is 24.3 Å². The van der Waals surface area contributed by atoms with E-state index >= 15 is 0 Å². The molecule has 0 saturated heterocycles. The van der Waals surface area contributed by atoms with Crippen LogP contribution in [0, 0.1) is 23.3 Å². The minimum absolute atomic E-state index is 0.135. The normalized spacial score (nSPS) is 16.6. The van der Waals surface area contributed by atoms with E-state index in [9.17, 15) is 22.4 Å². The molecular weight excluding hydrogens is 324 g/mol. The van der Waals surface area contributed by atoms with Crippen molar-refractivity contribution in [1.82, 2.24) is 10.6 Å². The van der Waals surface area contributed by atoms with E-state index in [0.29, 0.717) is 13.0 Å². The van der Waals surface area contributed by atoms with E-state index in [1.807, 2.05) is 24.3 Å². The highest BCUT2D eigenvalue weighted by Gasteiger charge is 2.25. The first-order valence-corrected chi connectivity index (χ1v) is 7.37. The standard InChI is InChI=1S/C17H14F4N2O/c18-12-6-13(19)16(21)11(15(12)20)8-23-17(24)14-5-9-3-1-2-4-10(9)7-22-14/h1-4,6,14,22H,5,7-8H2,(H,23,24)/t14-/m0/s1. The van der Waals surface area contributed by atoms with Crippen LogP contribution in [0.1, 0.15) is 16.7 Å². The summed E-state index contributed by atoms with van der Waals surface area (Å²) in [6.45, 7) is -0.142. The average Bonchev–Trinajstić information content (AvgIpc) is 2.59. The van der Waals surface area contributed by atoms with Crippen LogP contribution in [0.5, 0.6) is 0 Å². The van der Waals surface area contributed by atoms with Crippen LogP contribution in [0.25, 0.3) is 0 Å². The molecule has 1 atom stereocenters. The molecule has 3 nitrogen and oxygen atoms in total. The van der Waals surface area contributed by atoms with Gasteiger partial charge in [-0.2, -0.15) is 0 Å². The third-order valence-electron chi connectivity index (χ3n) is 4.04. The molecule has 2 N–H and O–H groups in total. The molecule has 0 bridgehead atoms. The van der Waals surface area contributed by atoms with Gasteiger partial charge >= 0.3 is 0 Å². The number of nitrogens with one attached hydrogen (secondary N) is 2. The van der Waals surface area contributed by atoms with Crippen molar-refractivity contribution in [3.63, 3.8) is 0 Å². The Balaban J connectivity index is 1.69. The Morgan fingerprint density at radius 3 is 2.38 bits per heavy atom. The van der Waals surface area contributed by atoms with Gasteiger partial charge in [0.1, 0.15) is 0 Å². The van der Waals surface area contributed by atoms with Crippen LogP contribution in [0.4, 0.5) is 17.6 Å². The smallest absolute Gasteiger partial charge is 0.237 e. The number of carbonyl (C=O) groups excluding carboxylic acids is 1. The first-order chi connectivity index (χ1) is 11.5. The lowest BCUT2D eigenvalue weighted by Gasteiger charge is -2.25. The summed E-state index contributed by atoms with van der Waals surface area (Å²) in [4.78, 5) is 12.2. The Labute approximate surface area is 135 Å². The summed E-state index contributed by atoms with van der Waals surface area (Å²) < 4.78 is 53.5. The van der Waals surface area contributed by atoms with Crippen molar-refractivity contribution in [2.45, 2.75) is 25.6 Å². The van der Waals surface area contributed by atoms with Gasteiger partial charge < -0.3 is 10.6 Å². The van der Waals surface area contributed by atoms with Crippen molar-refractivity contribution in [2.75, 3.05) is 0 Å². The molecule has 3 rings (SSSR count). The molecule has 2 aromatic carbocycles. The number of rotatable bonds is 3. The van der Waals surface area contributed by atoms with E-state index in [4.69, 9.17) is 0 Å². The number of halogens is 4. The average molecular weight is 338 g/mol. The van der Waals surface area contributed by atoms with E-state index < -0.39 is 47.3 Å². The Hall–Kier alpha value is -2.41. The predicted molar refractivity (Wildman–Crippen MR) is 78.9 cm³/mol. The second-order valence-electron chi connectivity index (χ2n) is 5.57. The van der Waals surface area contributed by atoms with Crippen molar-refractivity contribution in [2.24, 2.45) is 0 Å². The van der Waals surface area contributed by atoms with Gasteiger partial charge in [-0.05, 0) is 17.5 Å². The Kier molecular flexibility index (Phi) is 4.53. The van der Waals surface area contributed by atoms with Gasteiger partial charge in [0.15, 0.2) is 23.3 Å². The van der Waals surface area contributed by atoms with Gasteiger partial charge in [-0.3, -0.25) is 4.79 Å². The summed E-state index contributed by atoms with van der Waals surface area (Å²) in [6, 6.07) is 7.15. The highest BCUT2D eigenvalue weighted by atomic mass is 19.2. The van der Waals surface area contributed by atoms with Gasteiger partial charge in [-0.15, -0.1) is 0 Å². The summed E-state index contributed by atoms with van der Waals surface area (Å²) in [7, 11) is 0. The number of fused-ring (bicyclic) bond motifs is 1. The SMILES string of the molecule is O=C(NCc1c(F)c(F)cc(F)c1F)[C@@H]1Cc2ccccc2CN1. The topological polar surface area (TPSA) is 41.1 Å². The number of hydrogen-bond acceptors (Lipinski definition) is 2. The maximum Gasteiger partial charge on any atom is 0.237 e. The molecule has 0 unspecified atom stereocenters. The molecule has 1 aliphatic rings. The number of hydrogen-bond donors (Lipinski definition) is 2. The molecule has 1 amide bonds. The zero-order valence-electron chi connectivity index (χ0n) is 12.5. The zero-order valence-corrected chi connectivity index (χ0v) is 12.5. The lowest BCUT2D eigenvalue weighted by molar-refractivity contribution is -0.123. The Morgan fingerprint density at radius 1 is 1.08 bits per heavy atom. The molecule has 1 aliphatic heterocycles. The van der Waals surface area contributed by atoms with E-state index in [1.165, 1.54) is 0 Å². The second kappa shape index (κ2) is 6.60. The summed E-state index contributed by atoms with van der Waals surface area (Å²) in [5.74, 6) is -6.49. The molecule has 0 aromatic heterocycles. The minimum Gasteiger partial charge on any atom is -0.350 e. The van der Waals surface area contributed by atoms with Crippen LogP contribution in [0.15, 0.2) is 30.3 Å². The molecule has 2 aromatic rings. The van der Waals surface area contributed by atoms with Gasteiger partial charge in [0.25, 0.3) is 0 Å². The summed E-state index contributed by atoms with van der Waals surface area (Å²) in [5, 5.41) is 5.34. The van der Waals surface area contributed by atoms with Gasteiger partial charge in [0, 0.05) is 24.7 Å². The fraction of sp³-hybridized carbons (Fsp3) is 0.235. The van der Waals surface area contributed by atoms with Crippen LogP contribution in [-0.2, 0) is 24.3 Å². The Morgan fingerprint density at radius 2 is 1.71 bits per heavy atom. The van der Waals surface area contributed by atoms with Crippen molar-refractivity contribution < 1.29 is 22.4 Å². The molecule has 0 spiro atoms. The third-order valence-corrected chi connectivity index (χ3v) is 4.04. The quantitative estimate of drug-likeness (QED) is 0.667. The van der Waals surface area contributed by atoms with Crippen LogP contribution in [-0.4, -0.2) is 11.9 Å². The minimum atomic E-state index is -1.50. The third kappa shape index (κ3) is 3.12. The van der Waals surface area contributed by atoms with Gasteiger partial charge in [-0.25, -0.2) is 17.6 Å². The predicted octanol–water partition coefficient (Wildman–Crippen LogP) is 2.57. The maximum atomic E-state index is 13.6.